The third kappa shape index (κ3) is 4.50. The summed E-state index contributed by atoms with van der Waals surface area (Å²) in [6.07, 6.45) is 9.33. The van der Waals surface area contributed by atoms with Crippen LogP contribution in [-0.4, -0.2) is 41.9 Å². The summed E-state index contributed by atoms with van der Waals surface area (Å²) < 4.78 is 0. The molecule has 3 rings (SSSR count). The summed E-state index contributed by atoms with van der Waals surface area (Å²) >= 11 is 0. The highest BCUT2D eigenvalue weighted by Crippen LogP contribution is 2.22. The number of benzene rings is 1. The molecule has 4 heteroatoms. The van der Waals surface area contributed by atoms with E-state index in [1.54, 1.807) is 0 Å². The summed E-state index contributed by atoms with van der Waals surface area (Å²) in [6.45, 7) is 4.28. The predicted octanol–water partition coefficient (Wildman–Crippen LogP) is 3.44. The average molecular weight is 313 g/mol. The quantitative estimate of drug-likeness (QED) is 0.865. The molecule has 4 nitrogen and oxygen atoms in total. The van der Waals surface area contributed by atoms with Gasteiger partial charge in [-0.1, -0.05) is 18.2 Å². The van der Waals surface area contributed by atoms with E-state index in [-0.39, 0.29) is 5.91 Å². The van der Waals surface area contributed by atoms with Gasteiger partial charge in [-0.25, -0.2) is 0 Å². The molecule has 0 aromatic heterocycles. The van der Waals surface area contributed by atoms with Crippen molar-refractivity contribution in [3.63, 3.8) is 0 Å². The van der Waals surface area contributed by atoms with Gasteiger partial charge >= 0.3 is 0 Å². The van der Waals surface area contributed by atoms with Gasteiger partial charge in [0.25, 0.3) is 5.91 Å². The van der Waals surface area contributed by atoms with Crippen molar-refractivity contribution >= 4 is 11.6 Å². The fourth-order valence-corrected chi connectivity index (χ4v) is 3.45. The van der Waals surface area contributed by atoms with E-state index < -0.39 is 0 Å². The summed E-state index contributed by atoms with van der Waals surface area (Å²) in [5, 5.41) is 2.98. The first-order valence-electron chi connectivity index (χ1n) is 8.90. The smallest absolute Gasteiger partial charge is 0.251 e. The Balaban J connectivity index is 1.73. The molecule has 0 radical (unpaired) electrons. The lowest BCUT2D eigenvalue weighted by Gasteiger charge is -2.39. The van der Waals surface area contributed by atoms with Gasteiger partial charge in [0.05, 0.1) is 0 Å². The van der Waals surface area contributed by atoms with Crippen LogP contribution in [0.25, 0.3) is 0 Å². The lowest BCUT2D eigenvalue weighted by molar-refractivity contribution is -0.112. The van der Waals surface area contributed by atoms with Crippen molar-refractivity contribution < 1.29 is 4.79 Å². The van der Waals surface area contributed by atoms with E-state index in [2.05, 4.69) is 15.1 Å². The van der Waals surface area contributed by atoms with Crippen LogP contribution >= 0.6 is 0 Å². The van der Waals surface area contributed by atoms with Gasteiger partial charge in [-0.2, -0.15) is 0 Å². The maximum atomic E-state index is 12.5. The Hall–Kier alpha value is -1.97. The van der Waals surface area contributed by atoms with E-state index >= 15 is 0 Å². The minimum atomic E-state index is -0.0256. The monoisotopic (exact) mass is 313 g/mol. The number of hydrogen-bond donors (Lipinski definition) is 1. The van der Waals surface area contributed by atoms with Crippen LogP contribution in [-0.2, 0) is 4.79 Å². The number of carbonyl (C=O) groups excluding carboxylic acids is 1. The van der Waals surface area contributed by atoms with E-state index in [9.17, 15) is 4.79 Å². The number of piperidine rings is 2. The summed E-state index contributed by atoms with van der Waals surface area (Å²) in [5.74, 6) is 1.10. The van der Waals surface area contributed by atoms with Gasteiger partial charge in [-0.05, 0) is 50.7 Å². The fraction of sp³-hybridized carbons (Fsp3) is 0.526. The SMILES string of the molecule is O=C(C=C(N1CCCCC1)N1CCCCC1)Nc1ccccc1. The molecule has 124 valence electrons. The molecule has 2 saturated heterocycles. The van der Waals surface area contributed by atoms with Crippen molar-refractivity contribution in [1.82, 2.24) is 9.80 Å². The second-order valence-electron chi connectivity index (χ2n) is 6.45. The molecule has 0 spiro atoms. The maximum Gasteiger partial charge on any atom is 0.251 e. The van der Waals surface area contributed by atoms with Crippen LogP contribution in [0.1, 0.15) is 38.5 Å². The van der Waals surface area contributed by atoms with Crippen molar-refractivity contribution in [3.8, 4) is 0 Å². The first kappa shape index (κ1) is 15.9. The standard InChI is InChI=1S/C19H27N3O/c23-18(20-17-10-4-1-5-11-17)16-19(21-12-6-2-7-13-21)22-14-8-3-9-15-22/h1,4-5,10-11,16H,2-3,6-9,12-15H2,(H,20,23). The number of amides is 1. The average Bonchev–Trinajstić information content (AvgIpc) is 2.62. The Morgan fingerprint density at radius 3 is 1.87 bits per heavy atom. The molecule has 1 aromatic rings. The van der Waals surface area contributed by atoms with Gasteiger partial charge in [0.15, 0.2) is 0 Å². The second kappa shape index (κ2) is 8.04. The number of para-hydroxylation sites is 1. The van der Waals surface area contributed by atoms with E-state index in [4.69, 9.17) is 0 Å². The zero-order chi connectivity index (χ0) is 15.9. The molecule has 0 atom stereocenters. The molecule has 2 aliphatic heterocycles. The molecule has 2 heterocycles. The topological polar surface area (TPSA) is 35.6 Å². The number of hydrogen-bond acceptors (Lipinski definition) is 3. The highest BCUT2D eigenvalue weighted by molar-refractivity contribution is 5.99. The lowest BCUT2D eigenvalue weighted by Crippen LogP contribution is -2.41. The van der Waals surface area contributed by atoms with Crippen LogP contribution < -0.4 is 5.32 Å². The highest BCUT2D eigenvalue weighted by Gasteiger charge is 2.21. The summed E-state index contributed by atoms with van der Waals surface area (Å²) in [4.78, 5) is 17.3. The molecule has 0 aliphatic carbocycles. The van der Waals surface area contributed by atoms with Crippen molar-refractivity contribution in [3.05, 3.63) is 42.2 Å². The molecule has 1 aromatic carbocycles. The fourth-order valence-electron chi connectivity index (χ4n) is 3.45. The molecule has 1 amide bonds. The number of rotatable bonds is 4. The van der Waals surface area contributed by atoms with Crippen LogP contribution in [0.15, 0.2) is 42.2 Å². The first-order valence-corrected chi connectivity index (χ1v) is 8.90. The lowest BCUT2D eigenvalue weighted by atomic mass is 10.1. The van der Waals surface area contributed by atoms with Gasteiger partial charge in [0.1, 0.15) is 5.82 Å². The van der Waals surface area contributed by atoms with Gasteiger partial charge in [-0.3, -0.25) is 4.79 Å². The predicted molar refractivity (Wildman–Crippen MR) is 94.0 cm³/mol. The van der Waals surface area contributed by atoms with E-state index in [1.165, 1.54) is 38.5 Å². The van der Waals surface area contributed by atoms with Gasteiger partial charge < -0.3 is 15.1 Å². The Morgan fingerprint density at radius 1 is 0.826 bits per heavy atom. The number of nitrogens with one attached hydrogen (secondary N) is 1. The number of anilines is 1. The van der Waals surface area contributed by atoms with Crippen LogP contribution in [0.5, 0.6) is 0 Å². The van der Waals surface area contributed by atoms with E-state index in [1.807, 2.05) is 36.4 Å². The van der Waals surface area contributed by atoms with Gasteiger partial charge in [0, 0.05) is 37.9 Å². The Bertz CT molecular complexity index is 509. The Morgan fingerprint density at radius 2 is 1.35 bits per heavy atom. The molecular formula is C19H27N3O. The summed E-state index contributed by atoms with van der Waals surface area (Å²) in [7, 11) is 0. The minimum Gasteiger partial charge on any atom is -0.358 e. The first-order chi connectivity index (χ1) is 11.3. The molecule has 2 fully saturated rings. The number of carbonyl (C=O) groups is 1. The Labute approximate surface area is 139 Å². The Kier molecular flexibility index (Phi) is 5.56. The number of likely N-dealkylation sites (tertiary alicyclic amines) is 2. The zero-order valence-corrected chi connectivity index (χ0v) is 13.8. The summed E-state index contributed by atoms with van der Waals surface area (Å²) in [5.41, 5.74) is 0.852. The molecule has 23 heavy (non-hydrogen) atoms. The van der Waals surface area contributed by atoms with Gasteiger partial charge in [-0.15, -0.1) is 0 Å². The molecule has 0 saturated carbocycles. The van der Waals surface area contributed by atoms with Crippen molar-refractivity contribution in [1.29, 1.82) is 0 Å². The van der Waals surface area contributed by atoms with E-state index in [0.717, 1.165) is 37.7 Å². The molecule has 1 N–H and O–H groups in total. The normalized spacial score (nSPS) is 18.4. The molecule has 2 aliphatic rings. The van der Waals surface area contributed by atoms with Crippen molar-refractivity contribution in [2.45, 2.75) is 38.5 Å². The third-order valence-electron chi connectivity index (χ3n) is 4.66. The van der Waals surface area contributed by atoms with Crippen molar-refractivity contribution in [2.75, 3.05) is 31.5 Å². The van der Waals surface area contributed by atoms with Crippen LogP contribution in [0.4, 0.5) is 5.69 Å². The summed E-state index contributed by atoms with van der Waals surface area (Å²) in [6, 6.07) is 9.68. The minimum absolute atomic E-state index is 0.0256. The van der Waals surface area contributed by atoms with Crippen molar-refractivity contribution in [2.24, 2.45) is 0 Å². The highest BCUT2D eigenvalue weighted by atomic mass is 16.1. The maximum absolute atomic E-state index is 12.5. The second-order valence-corrected chi connectivity index (χ2v) is 6.45. The molecule has 0 bridgehead atoms. The van der Waals surface area contributed by atoms with Gasteiger partial charge in [0.2, 0.25) is 0 Å². The molecular weight excluding hydrogens is 286 g/mol. The zero-order valence-electron chi connectivity index (χ0n) is 13.8. The third-order valence-corrected chi connectivity index (χ3v) is 4.66. The van der Waals surface area contributed by atoms with Crippen LogP contribution in [0.2, 0.25) is 0 Å². The van der Waals surface area contributed by atoms with Crippen LogP contribution in [0, 0.1) is 0 Å². The van der Waals surface area contributed by atoms with E-state index in [0.29, 0.717) is 0 Å². The van der Waals surface area contributed by atoms with Crippen LogP contribution in [0.3, 0.4) is 0 Å². The number of nitrogens with zero attached hydrogens (tertiary/aromatic N) is 2. The largest absolute Gasteiger partial charge is 0.358 e. The molecule has 0 unspecified atom stereocenters.